The minimum absolute atomic E-state index is 0.00287. The van der Waals surface area contributed by atoms with Crippen molar-refractivity contribution in [1.29, 1.82) is 0 Å². The summed E-state index contributed by atoms with van der Waals surface area (Å²) in [5.41, 5.74) is 3.07. The number of ether oxygens (including phenoxy) is 1. The summed E-state index contributed by atoms with van der Waals surface area (Å²) in [5.74, 6) is -1.30. The molecule has 0 spiro atoms. The van der Waals surface area contributed by atoms with Gasteiger partial charge in [-0.3, -0.25) is 4.79 Å². The van der Waals surface area contributed by atoms with E-state index >= 15 is 0 Å². The Morgan fingerprint density at radius 1 is 1.15 bits per heavy atom. The lowest BCUT2D eigenvalue weighted by atomic mass is 10.0. The number of carbonyl (C=O) groups excluding carboxylic acids is 2. The molecule has 0 aliphatic rings. The van der Waals surface area contributed by atoms with Crippen molar-refractivity contribution in [3.8, 4) is 0 Å². The molecule has 0 saturated carbocycles. The molecule has 1 heterocycles. The molecular weight excluding hydrogens is 399 g/mol. The van der Waals surface area contributed by atoms with Crippen LogP contribution in [-0.4, -0.2) is 23.5 Å². The van der Waals surface area contributed by atoms with E-state index in [1.165, 1.54) is 11.8 Å². The van der Waals surface area contributed by atoms with Gasteiger partial charge in [-0.2, -0.15) is 0 Å². The summed E-state index contributed by atoms with van der Waals surface area (Å²) in [7, 11) is 0. The van der Waals surface area contributed by atoms with Gasteiger partial charge < -0.3 is 10.1 Å². The maximum absolute atomic E-state index is 12.0. The predicted molar refractivity (Wildman–Crippen MR) is 102 cm³/mol. The summed E-state index contributed by atoms with van der Waals surface area (Å²) < 4.78 is 4.95. The van der Waals surface area contributed by atoms with Gasteiger partial charge in [-0.05, 0) is 37.5 Å². The van der Waals surface area contributed by atoms with Gasteiger partial charge in [0.1, 0.15) is 0 Å². The Kier molecular flexibility index (Phi) is 6.87. The largest absolute Gasteiger partial charge is 0.451 e. The number of carbonyl (C=O) groups is 2. The van der Waals surface area contributed by atoms with Crippen LogP contribution in [0.1, 0.15) is 40.1 Å². The number of pyridine rings is 1. The van der Waals surface area contributed by atoms with Crippen molar-refractivity contribution < 1.29 is 14.3 Å². The van der Waals surface area contributed by atoms with Crippen LogP contribution in [0.25, 0.3) is 0 Å². The van der Waals surface area contributed by atoms with Crippen LogP contribution >= 0.6 is 34.8 Å². The minimum Gasteiger partial charge on any atom is -0.451 e. The van der Waals surface area contributed by atoms with Gasteiger partial charge in [0.15, 0.2) is 12.3 Å². The molecule has 1 N–H and O–H groups in total. The molecule has 8 heteroatoms. The number of rotatable bonds is 5. The van der Waals surface area contributed by atoms with Crippen molar-refractivity contribution in [2.45, 2.75) is 26.8 Å². The number of aryl methyl sites for hydroxylation is 2. The molecule has 1 aromatic carbocycles. The van der Waals surface area contributed by atoms with Crippen LogP contribution in [0.2, 0.25) is 15.1 Å². The molecular formula is C18H17Cl3N2O3. The fraction of sp³-hybridized carbons (Fsp3) is 0.278. The van der Waals surface area contributed by atoms with Crippen LogP contribution in [0.15, 0.2) is 24.4 Å². The maximum Gasteiger partial charge on any atom is 0.359 e. The van der Waals surface area contributed by atoms with E-state index in [0.29, 0.717) is 0 Å². The average molecular weight is 416 g/mol. The second-order valence-electron chi connectivity index (χ2n) is 5.79. The van der Waals surface area contributed by atoms with E-state index in [0.717, 1.165) is 11.1 Å². The minimum atomic E-state index is -0.859. The van der Waals surface area contributed by atoms with Crippen molar-refractivity contribution in [1.82, 2.24) is 10.3 Å². The number of nitrogens with zero attached hydrogens (tertiary/aromatic N) is 1. The summed E-state index contributed by atoms with van der Waals surface area (Å²) in [5, 5.41) is 2.77. The van der Waals surface area contributed by atoms with E-state index in [2.05, 4.69) is 10.3 Å². The first kappa shape index (κ1) is 20.5. The third-order valence-corrected chi connectivity index (χ3v) is 5.09. The molecule has 5 nitrogen and oxygen atoms in total. The van der Waals surface area contributed by atoms with Gasteiger partial charge >= 0.3 is 5.97 Å². The Labute approximate surface area is 166 Å². The molecule has 0 aliphatic carbocycles. The van der Waals surface area contributed by atoms with E-state index in [4.69, 9.17) is 39.5 Å². The zero-order valence-corrected chi connectivity index (χ0v) is 16.7. The van der Waals surface area contributed by atoms with E-state index in [9.17, 15) is 9.59 Å². The number of hydrogen-bond acceptors (Lipinski definition) is 4. The highest BCUT2D eigenvalue weighted by atomic mass is 35.5. The van der Waals surface area contributed by atoms with E-state index in [1.54, 1.807) is 0 Å². The first-order valence-electron chi connectivity index (χ1n) is 7.73. The van der Waals surface area contributed by atoms with Crippen LogP contribution in [0.3, 0.4) is 0 Å². The zero-order chi connectivity index (χ0) is 19.4. The quantitative estimate of drug-likeness (QED) is 0.719. The Balaban J connectivity index is 1.95. The molecule has 1 atom stereocenters. The molecule has 26 heavy (non-hydrogen) atoms. The fourth-order valence-electron chi connectivity index (χ4n) is 2.19. The SMILES string of the molecule is Cc1ccc([C@@H](C)NC(=O)COC(=O)c2ncc(Cl)c(Cl)c2Cl)cc1C. The van der Waals surface area contributed by atoms with Crippen LogP contribution < -0.4 is 5.32 Å². The molecule has 0 fully saturated rings. The second kappa shape index (κ2) is 8.71. The van der Waals surface area contributed by atoms with Gasteiger partial charge in [0, 0.05) is 6.20 Å². The summed E-state index contributed by atoms with van der Waals surface area (Å²) in [6.45, 7) is 5.40. The number of aromatic nitrogens is 1. The van der Waals surface area contributed by atoms with Crippen molar-refractivity contribution in [2.24, 2.45) is 0 Å². The van der Waals surface area contributed by atoms with Gasteiger partial charge in [0.2, 0.25) is 0 Å². The molecule has 0 aliphatic heterocycles. The van der Waals surface area contributed by atoms with Gasteiger partial charge in [-0.25, -0.2) is 9.78 Å². The highest BCUT2D eigenvalue weighted by molar-refractivity contribution is 6.48. The first-order chi connectivity index (χ1) is 12.2. The Bertz CT molecular complexity index is 856. The number of halogens is 3. The molecule has 2 rings (SSSR count). The van der Waals surface area contributed by atoms with Gasteiger partial charge in [-0.1, -0.05) is 53.0 Å². The standard InChI is InChI=1S/C18H17Cl3N2O3/c1-9-4-5-12(6-10(9)2)11(3)23-14(24)8-26-18(25)17-16(21)15(20)13(19)7-22-17/h4-7,11H,8H2,1-3H3,(H,23,24)/t11-/m1/s1. The molecule has 2 aromatic rings. The zero-order valence-electron chi connectivity index (χ0n) is 14.4. The maximum atomic E-state index is 12.0. The fourth-order valence-corrected chi connectivity index (χ4v) is 2.74. The van der Waals surface area contributed by atoms with E-state index < -0.39 is 18.5 Å². The summed E-state index contributed by atoms with van der Waals surface area (Å²) in [4.78, 5) is 27.8. The lowest BCUT2D eigenvalue weighted by Gasteiger charge is -2.16. The van der Waals surface area contributed by atoms with Gasteiger partial charge in [-0.15, -0.1) is 0 Å². The summed E-state index contributed by atoms with van der Waals surface area (Å²) >= 11 is 17.5. The van der Waals surface area contributed by atoms with Crippen LogP contribution in [0, 0.1) is 13.8 Å². The molecule has 1 amide bonds. The van der Waals surface area contributed by atoms with Gasteiger partial charge in [0.25, 0.3) is 5.91 Å². The summed E-state index contributed by atoms with van der Waals surface area (Å²) in [6, 6.07) is 5.71. The molecule has 138 valence electrons. The Morgan fingerprint density at radius 2 is 1.85 bits per heavy atom. The van der Waals surface area contributed by atoms with Crippen LogP contribution in [0.5, 0.6) is 0 Å². The van der Waals surface area contributed by atoms with Crippen molar-refractivity contribution in [3.63, 3.8) is 0 Å². The van der Waals surface area contributed by atoms with Crippen molar-refractivity contribution in [2.75, 3.05) is 6.61 Å². The Hall–Kier alpha value is -1.82. The molecule has 0 radical (unpaired) electrons. The predicted octanol–water partition coefficient (Wildman–Crippen LogP) is 4.69. The van der Waals surface area contributed by atoms with Crippen LogP contribution in [0.4, 0.5) is 0 Å². The highest BCUT2D eigenvalue weighted by Gasteiger charge is 2.20. The third kappa shape index (κ3) is 4.87. The second-order valence-corrected chi connectivity index (χ2v) is 6.95. The van der Waals surface area contributed by atoms with Crippen LogP contribution in [-0.2, 0) is 9.53 Å². The number of benzene rings is 1. The smallest absolute Gasteiger partial charge is 0.359 e. The number of hydrogen-bond donors (Lipinski definition) is 1. The van der Waals surface area contributed by atoms with Crippen molar-refractivity contribution >= 4 is 46.7 Å². The lowest BCUT2D eigenvalue weighted by molar-refractivity contribution is -0.124. The van der Waals surface area contributed by atoms with E-state index in [1.807, 2.05) is 39.0 Å². The van der Waals surface area contributed by atoms with E-state index in [-0.39, 0.29) is 26.8 Å². The Morgan fingerprint density at radius 3 is 2.50 bits per heavy atom. The number of esters is 1. The van der Waals surface area contributed by atoms with Crippen molar-refractivity contribution in [3.05, 3.63) is 61.8 Å². The average Bonchev–Trinajstić information content (AvgIpc) is 2.60. The van der Waals surface area contributed by atoms with Gasteiger partial charge in [0.05, 0.1) is 21.1 Å². The monoisotopic (exact) mass is 414 g/mol. The lowest BCUT2D eigenvalue weighted by Crippen LogP contribution is -2.31. The highest BCUT2D eigenvalue weighted by Crippen LogP contribution is 2.31. The molecule has 1 aromatic heterocycles. The summed E-state index contributed by atoms with van der Waals surface area (Å²) in [6.07, 6.45) is 1.19. The first-order valence-corrected chi connectivity index (χ1v) is 8.87. The number of nitrogens with one attached hydrogen (secondary N) is 1. The molecule has 0 bridgehead atoms. The molecule has 0 unspecified atom stereocenters. The third-order valence-electron chi connectivity index (χ3n) is 3.85. The topological polar surface area (TPSA) is 68.3 Å². The normalized spacial score (nSPS) is 11.8. The number of amides is 1. The molecule has 0 saturated heterocycles.